The van der Waals surface area contributed by atoms with Gasteiger partial charge in [-0.15, -0.1) is 0 Å². The predicted molar refractivity (Wildman–Crippen MR) is 63.4 cm³/mol. The van der Waals surface area contributed by atoms with Crippen LogP contribution in [0.1, 0.15) is 12.8 Å². The van der Waals surface area contributed by atoms with Gasteiger partial charge in [0.15, 0.2) is 0 Å². The van der Waals surface area contributed by atoms with Gasteiger partial charge in [-0.05, 0) is 25.9 Å². The summed E-state index contributed by atoms with van der Waals surface area (Å²) in [7, 11) is 1.74. The number of carbonyl (C=O) groups is 1. The average Bonchev–Trinajstić information content (AvgIpc) is 2.33. The van der Waals surface area contributed by atoms with Crippen molar-refractivity contribution in [1.29, 1.82) is 0 Å². The summed E-state index contributed by atoms with van der Waals surface area (Å²) in [4.78, 5) is 12.5. The van der Waals surface area contributed by atoms with Gasteiger partial charge in [0.25, 0.3) is 0 Å². The molecule has 0 radical (unpaired) electrons. The van der Waals surface area contributed by atoms with Crippen molar-refractivity contribution in [3.8, 4) is 0 Å². The fraction of sp³-hybridized carbons (Fsp3) is 0.909. The van der Waals surface area contributed by atoms with Crippen molar-refractivity contribution in [2.75, 3.05) is 46.4 Å². The van der Waals surface area contributed by atoms with Gasteiger partial charge in [-0.3, -0.25) is 4.79 Å². The van der Waals surface area contributed by atoms with Gasteiger partial charge < -0.3 is 20.3 Å². The molecule has 1 amide bonds. The monoisotopic (exact) mass is 229 g/mol. The molecule has 0 aromatic carbocycles. The third kappa shape index (κ3) is 5.44. The lowest BCUT2D eigenvalue weighted by Gasteiger charge is -2.32. The largest absolute Gasteiger partial charge is 0.383 e. The van der Waals surface area contributed by atoms with Gasteiger partial charge in [0.1, 0.15) is 0 Å². The van der Waals surface area contributed by atoms with E-state index >= 15 is 0 Å². The van der Waals surface area contributed by atoms with E-state index in [0.29, 0.717) is 12.6 Å². The van der Waals surface area contributed by atoms with E-state index in [4.69, 9.17) is 4.74 Å². The van der Waals surface area contributed by atoms with Crippen LogP contribution in [-0.2, 0) is 9.53 Å². The van der Waals surface area contributed by atoms with E-state index in [-0.39, 0.29) is 0 Å². The summed E-state index contributed by atoms with van der Waals surface area (Å²) < 4.78 is 5.06. The van der Waals surface area contributed by atoms with E-state index in [9.17, 15) is 4.79 Å². The Morgan fingerprint density at radius 2 is 2.12 bits per heavy atom. The highest BCUT2D eigenvalue weighted by molar-refractivity contribution is 5.45. The summed E-state index contributed by atoms with van der Waals surface area (Å²) in [6.07, 6.45) is 3.12. The van der Waals surface area contributed by atoms with Crippen molar-refractivity contribution >= 4 is 6.41 Å². The standard InChI is InChI=1S/C11H23N3O2/c1-16-9-8-14-6-2-11(3-7-14)13-5-4-12-10-15/h10-11,13H,2-9H2,1H3,(H,12,15). The van der Waals surface area contributed by atoms with Crippen molar-refractivity contribution < 1.29 is 9.53 Å². The van der Waals surface area contributed by atoms with Crippen molar-refractivity contribution in [2.45, 2.75) is 18.9 Å². The van der Waals surface area contributed by atoms with Crippen LogP contribution in [-0.4, -0.2) is 63.8 Å². The molecule has 0 saturated carbocycles. The number of nitrogens with one attached hydrogen (secondary N) is 2. The molecule has 5 heteroatoms. The molecule has 0 aromatic rings. The van der Waals surface area contributed by atoms with Crippen molar-refractivity contribution in [3.63, 3.8) is 0 Å². The number of amides is 1. The molecule has 1 heterocycles. The van der Waals surface area contributed by atoms with Gasteiger partial charge in [0.05, 0.1) is 6.61 Å². The summed E-state index contributed by atoms with van der Waals surface area (Å²) >= 11 is 0. The Morgan fingerprint density at radius 3 is 2.75 bits per heavy atom. The highest BCUT2D eigenvalue weighted by atomic mass is 16.5. The maximum atomic E-state index is 10.0. The highest BCUT2D eigenvalue weighted by Crippen LogP contribution is 2.09. The summed E-state index contributed by atoms with van der Waals surface area (Å²) in [6, 6.07) is 0.604. The van der Waals surface area contributed by atoms with Crippen LogP contribution in [0.5, 0.6) is 0 Å². The topological polar surface area (TPSA) is 53.6 Å². The predicted octanol–water partition coefficient (Wildman–Crippen LogP) is -0.567. The Morgan fingerprint density at radius 1 is 1.38 bits per heavy atom. The van der Waals surface area contributed by atoms with Gasteiger partial charge in [-0.25, -0.2) is 0 Å². The zero-order valence-electron chi connectivity index (χ0n) is 10.1. The lowest BCUT2D eigenvalue weighted by Crippen LogP contribution is -2.44. The van der Waals surface area contributed by atoms with Crippen LogP contribution in [0.2, 0.25) is 0 Å². The quantitative estimate of drug-likeness (QED) is 0.432. The summed E-state index contributed by atoms with van der Waals surface area (Å²) in [5, 5.41) is 6.11. The van der Waals surface area contributed by atoms with E-state index < -0.39 is 0 Å². The summed E-state index contributed by atoms with van der Waals surface area (Å²) in [5.41, 5.74) is 0. The van der Waals surface area contributed by atoms with Crippen LogP contribution in [0, 0.1) is 0 Å². The van der Waals surface area contributed by atoms with E-state index in [1.807, 2.05) is 0 Å². The Balaban J connectivity index is 2.00. The van der Waals surface area contributed by atoms with Crippen LogP contribution < -0.4 is 10.6 Å². The molecule has 5 nitrogen and oxygen atoms in total. The zero-order valence-corrected chi connectivity index (χ0v) is 10.1. The molecule has 1 aliphatic rings. The Bertz CT molecular complexity index is 182. The van der Waals surface area contributed by atoms with Crippen LogP contribution in [0.4, 0.5) is 0 Å². The van der Waals surface area contributed by atoms with Crippen LogP contribution >= 0.6 is 0 Å². The molecule has 1 saturated heterocycles. The van der Waals surface area contributed by atoms with E-state index in [0.717, 1.165) is 39.2 Å². The SMILES string of the molecule is COCCN1CCC(NCCNC=O)CC1. The molecule has 94 valence electrons. The molecule has 1 aliphatic heterocycles. The molecule has 2 N–H and O–H groups in total. The van der Waals surface area contributed by atoms with Crippen molar-refractivity contribution in [3.05, 3.63) is 0 Å². The van der Waals surface area contributed by atoms with Gasteiger partial charge >= 0.3 is 0 Å². The van der Waals surface area contributed by atoms with Gasteiger partial charge in [-0.2, -0.15) is 0 Å². The zero-order chi connectivity index (χ0) is 11.6. The first-order valence-electron chi connectivity index (χ1n) is 5.98. The Kier molecular flexibility index (Phi) is 7.12. The van der Waals surface area contributed by atoms with Gasteiger partial charge in [-0.1, -0.05) is 0 Å². The summed E-state index contributed by atoms with van der Waals surface area (Å²) in [5.74, 6) is 0. The van der Waals surface area contributed by atoms with Crippen LogP contribution in [0.3, 0.4) is 0 Å². The van der Waals surface area contributed by atoms with E-state index in [1.54, 1.807) is 7.11 Å². The molecule has 1 fully saturated rings. The lowest BCUT2D eigenvalue weighted by molar-refractivity contribution is -0.109. The average molecular weight is 229 g/mol. The molecule has 16 heavy (non-hydrogen) atoms. The first kappa shape index (κ1) is 13.4. The first-order chi connectivity index (χ1) is 7.86. The van der Waals surface area contributed by atoms with Gasteiger partial charge in [0, 0.05) is 32.8 Å². The lowest BCUT2D eigenvalue weighted by atomic mass is 10.1. The molecule has 0 atom stereocenters. The fourth-order valence-electron chi connectivity index (χ4n) is 1.99. The normalized spacial score (nSPS) is 18.6. The highest BCUT2D eigenvalue weighted by Gasteiger charge is 2.17. The smallest absolute Gasteiger partial charge is 0.207 e. The maximum absolute atomic E-state index is 10.0. The third-order valence-corrected chi connectivity index (χ3v) is 2.98. The molecule has 0 aromatic heterocycles. The second-order valence-electron chi connectivity index (χ2n) is 4.13. The third-order valence-electron chi connectivity index (χ3n) is 2.98. The molecule has 0 spiro atoms. The summed E-state index contributed by atoms with van der Waals surface area (Å²) in [6.45, 7) is 5.72. The number of nitrogens with zero attached hydrogens (tertiary/aromatic N) is 1. The second-order valence-corrected chi connectivity index (χ2v) is 4.13. The Hall–Kier alpha value is -0.650. The van der Waals surface area contributed by atoms with E-state index in [2.05, 4.69) is 15.5 Å². The number of methoxy groups -OCH3 is 1. The molecule has 0 unspecified atom stereocenters. The molecule has 0 aliphatic carbocycles. The molecular formula is C11H23N3O2. The number of ether oxygens (including phenoxy) is 1. The minimum absolute atomic E-state index is 0.604. The fourth-order valence-corrected chi connectivity index (χ4v) is 1.99. The molecule has 1 rings (SSSR count). The van der Waals surface area contributed by atoms with Crippen molar-refractivity contribution in [1.82, 2.24) is 15.5 Å². The van der Waals surface area contributed by atoms with Crippen LogP contribution in [0.25, 0.3) is 0 Å². The number of likely N-dealkylation sites (tertiary alicyclic amines) is 1. The number of carbonyl (C=O) groups excluding carboxylic acids is 1. The number of piperidine rings is 1. The molecular weight excluding hydrogens is 206 g/mol. The van der Waals surface area contributed by atoms with Gasteiger partial charge in [0.2, 0.25) is 6.41 Å². The number of rotatable bonds is 8. The maximum Gasteiger partial charge on any atom is 0.207 e. The molecule has 0 bridgehead atoms. The Labute approximate surface area is 97.5 Å². The minimum atomic E-state index is 0.604. The van der Waals surface area contributed by atoms with Crippen molar-refractivity contribution in [2.24, 2.45) is 0 Å². The van der Waals surface area contributed by atoms with E-state index in [1.165, 1.54) is 12.8 Å². The number of hydrogen-bond acceptors (Lipinski definition) is 4. The van der Waals surface area contributed by atoms with Crippen LogP contribution in [0.15, 0.2) is 0 Å². The first-order valence-corrected chi connectivity index (χ1v) is 5.98. The number of hydrogen-bond donors (Lipinski definition) is 2. The minimum Gasteiger partial charge on any atom is -0.383 e. The second kappa shape index (κ2) is 8.50.